The molecule has 0 N–H and O–H groups in total. The van der Waals surface area contributed by atoms with E-state index in [1.807, 2.05) is 0 Å². The number of rotatable bonds is 6. The third kappa shape index (κ3) is 4.27. The third-order valence-corrected chi connectivity index (χ3v) is 9.83. The maximum Gasteiger partial charge on any atom is 0.118 e. The highest BCUT2D eigenvalue weighted by molar-refractivity contribution is 6.31. The third-order valence-electron chi connectivity index (χ3n) is 9.83. The summed E-state index contributed by atoms with van der Waals surface area (Å²) in [5.41, 5.74) is 14.7. The summed E-state index contributed by atoms with van der Waals surface area (Å²) in [5, 5.41) is 5.03. The number of hydrogen-bond donors (Lipinski definition) is 0. The number of fused-ring (bicyclic) bond motifs is 4. The molecule has 2 heteroatoms. The molecule has 8 aromatic rings. The van der Waals surface area contributed by atoms with Gasteiger partial charge < -0.3 is 9.47 Å². The van der Waals surface area contributed by atoms with Crippen LogP contribution in [-0.4, -0.2) is 14.2 Å². The second-order valence-electron chi connectivity index (χ2n) is 12.3. The summed E-state index contributed by atoms with van der Waals surface area (Å²) in [6.07, 6.45) is 0. The van der Waals surface area contributed by atoms with Crippen molar-refractivity contribution in [3.63, 3.8) is 0 Å². The molecule has 1 aliphatic rings. The van der Waals surface area contributed by atoms with Crippen molar-refractivity contribution in [1.29, 1.82) is 0 Å². The second kappa shape index (κ2) is 11.3. The maximum absolute atomic E-state index is 5.64. The number of hydrogen-bond acceptors (Lipinski definition) is 2. The van der Waals surface area contributed by atoms with Gasteiger partial charge in [0.05, 0.1) is 14.2 Å². The quantitative estimate of drug-likeness (QED) is 0.185. The predicted molar refractivity (Wildman–Crippen MR) is 201 cm³/mol. The molecule has 1 aliphatic carbocycles. The van der Waals surface area contributed by atoms with E-state index in [1.54, 1.807) is 14.2 Å². The van der Waals surface area contributed by atoms with Gasteiger partial charge in [-0.1, -0.05) is 133 Å². The van der Waals surface area contributed by atoms with Crippen LogP contribution in [0.5, 0.6) is 11.5 Å². The number of methoxy groups -OCH3 is 2. The zero-order valence-corrected chi connectivity index (χ0v) is 26.8. The fraction of sp³-hybridized carbons (Fsp3) is 0.0435. The summed E-state index contributed by atoms with van der Waals surface area (Å²) in [7, 11) is 3.45. The minimum atomic E-state index is 0.841. The van der Waals surface area contributed by atoms with Gasteiger partial charge in [-0.2, -0.15) is 0 Å². The van der Waals surface area contributed by atoms with E-state index in [-0.39, 0.29) is 0 Å². The van der Waals surface area contributed by atoms with Crippen LogP contribution in [0, 0.1) is 0 Å². The van der Waals surface area contributed by atoms with E-state index < -0.39 is 0 Å². The van der Waals surface area contributed by atoms with Gasteiger partial charge in [0.15, 0.2) is 0 Å². The number of benzene rings is 8. The highest BCUT2D eigenvalue weighted by atomic mass is 16.5. The Balaban J connectivity index is 1.58. The topological polar surface area (TPSA) is 18.5 Å². The molecule has 0 unspecified atom stereocenters. The van der Waals surface area contributed by atoms with Crippen molar-refractivity contribution in [2.24, 2.45) is 0 Å². The maximum atomic E-state index is 5.64. The molecule has 0 spiro atoms. The van der Waals surface area contributed by atoms with Crippen molar-refractivity contribution in [2.45, 2.75) is 0 Å². The molecule has 0 amide bonds. The molecular weight excluding hydrogens is 585 g/mol. The molecule has 0 atom stereocenters. The minimum Gasteiger partial charge on any atom is -0.497 e. The van der Waals surface area contributed by atoms with E-state index in [0.29, 0.717) is 0 Å². The van der Waals surface area contributed by atoms with Gasteiger partial charge in [0, 0.05) is 0 Å². The van der Waals surface area contributed by atoms with Gasteiger partial charge in [0.2, 0.25) is 0 Å². The lowest BCUT2D eigenvalue weighted by molar-refractivity contribution is 0.415. The molecule has 8 aromatic carbocycles. The van der Waals surface area contributed by atoms with E-state index in [1.165, 1.54) is 77.2 Å². The fourth-order valence-electron chi connectivity index (χ4n) is 7.73. The van der Waals surface area contributed by atoms with E-state index in [9.17, 15) is 0 Å². The average molecular weight is 617 g/mol. The lowest BCUT2D eigenvalue weighted by atomic mass is 9.78. The lowest BCUT2D eigenvalue weighted by Crippen LogP contribution is -1.98. The molecule has 9 rings (SSSR count). The van der Waals surface area contributed by atoms with Gasteiger partial charge in [0.1, 0.15) is 11.5 Å². The zero-order valence-electron chi connectivity index (χ0n) is 26.8. The van der Waals surface area contributed by atoms with Crippen molar-refractivity contribution < 1.29 is 9.47 Å². The molecule has 0 bridgehead atoms. The van der Waals surface area contributed by atoms with Crippen LogP contribution in [0.1, 0.15) is 0 Å². The van der Waals surface area contributed by atoms with Crippen LogP contribution in [0.2, 0.25) is 0 Å². The molecule has 0 heterocycles. The monoisotopic (exact) mass is 616 g/mol. The van der Waals surface area contributed by atoms with Gasteiger partial charge in [-0.05, 0) is 113 Å². The van der Waals surface area contributed by atoms with E-state index in [0.717, 1.165) is 22.6 Å². The van der Waals surface area contributed by atoms with E-state index in [2.05, 4.69) is 158 Å². The molecule has 0 saturated carbocycles. The second-order valence-corrected chi connectivity index (χ2v) is 12.3. The van der Waals surface area contributed by atoms with Gasteiger partial charge in [-0.25, -0.2) is 0 Å². The summed E-state index contributed by atoms with van der Waals surface area (Å²) >= 11 is 0. The standard InChI is InChI=1S/C46H32O2/c1-47-34-23-19-32(20-24-34)41-43-36(29-11-5-3-6-12-29)27-28-37(30-13-7-4-8-14-30)44(43)42(33-21-25-35(48-2)26-22-33)46-39-18-10-16-31-15-9-17-38(40(31)39)45(41)46/h3-28H,1-2H3. The normalized spacial score (nSPS) is 11.5. The van der Waals surface area contributed by atoms with Gasteiger partial charge in [-0.15, -0.1) is 0 Å². The molecule has 2 nitrogen and oxygen atoms in total. The van der Waals surface area contributed by atoms with Crippen molar-refractivity contribution in [2.75, 3.05) is 14.2 Å². The van der Waals surface area contributed by atoms with Gasteiger partial charge >= 0.3 is 0 Å². The largest absolute Gasteiger partial charge is 0.497 e. The first-order valence-corrected chi connectivity index (χ1v) is 16.3. The van der Waals surface area contributed by atoms with Gasteiger partial charge in [0.25, 0.3) is 0 Å². The number of ether oxygens (including phenoxy) is 2. The van der Waals surface area contributed by atoms with Gasteiger partial charge in [-0.3, -0.25) is 0 Å². The van der Waals surface area contributed by atoms with Crippen LogP contribution >= 0.6 is 0 Å². The fourth-order valence-corrected chi connectivity index (χ4v) is 7.73. The van der Waals surface area contributed by atoms with Crippen LogP contribution in [0.25, 0.3) is 88.3 Å². The average Bonchev–Trinajstić information content (AvgIpc) is 3.49. The van der Waals surface area contributed by atoms with E-state index in [4.69, 9.17) is 9.47 Å². The summed E-state index contributed by atoms with van der Waals surface area (Å²) in [6.45, 7) is 0. The molecule has 228 valence electrons. The molecule has 0 fully saturated rings. The first-order chi connectivity index (χ1) is 23.7. The Hall–Kier alpha value is -6.12. The smallest absolute Gasteiger partial charge is 0.118 e. The molecular formula is C46H32O2. The van der Waals surface area contributed by atoms with Crippen LogP contribution < -0.4 is 9.47 Å². The Bertz CT molecular complexity index is 2310. The van der Waals surface area contributed by atoms with Crippen molar-refractivity contribution in [3.05, 3.63) is 158 Å². The summed E-state index contributed by atoms with van der Waals surface area (Å²) in [5.74, 6) is 1.68. The molecule has 0 radical (unpaired) electrons. The van der Waals surface area contributed by atoms with Crippen molar-refractivity contribution >= 4 is 21.5 Å². The zero-order chi connectivity index (χ0) is 32.2. The summed E-state index contributed by atoms with van der Waals surface area (Å²) in [4.78, 5) is 0. The Morgan fingerprint density at radius 3 is 1.10 bits per heavy atom. The first kappa shape index (κ1) is 28.1. The first-order valence-electron chi connectivity index (χ1n) is 16.3. The molecule has 0 saturated heterocycles. The SMILES string of the molecule is COc1ccc(-c2c3c(c(-c4ccc(OC)cc4)c4c(-c5ccccc5)ccc(-c5ccccc5)c24)-c2cccc4cccc-3c24)cc1. The Morgan fingerprint density at radius 1 is 0.292 bits per heavy atom. The predicted octanol–water partition coefficient (Wildman–Crippen LogP) is 12.3. The van der Waals surface area contributed by atoms with E-state index >= 15 is 0 Å². The Labute approximate surface area is 280 Å². The molecule has 0 aromatic heterocycles. The molecule has 48 heavy (non-hydrogen) atoms. The van der Waals surface area contributed by atoms with Crippen LogP contribution in [-0.2, 0) is 0 Å². The van der Waals surface area contributed by atoms with Crippen molar-refractivity contribution in [1.82, 2.24) is 0 Å². The molecule has 0 aliphatic heterocycles. The van der Waals surface area contributed by atoms with Crippen molar-refractivity contribution in [3.8, 4) is 78.3 Å². The highest BCUT2D eigenvalue weighted by Gasteiger charge is 2.32. The lowest BCUT2D eigenvalue weighted by Gasteiger charge is -2.25. The summed E-state index contributed by atoms with van der Waals surface area (Å²) < 4.78 is 11.3. The Morgan fingerprint density at radius 2 is 0.708 bits per heavy atom. The summed E-state index contributed by atoms with van der Waals surface area (Å²) in [6, 6.07) is 56.9. The van der Waals surface area contributed by atoms with Crippen LogP contribution in [0.4, 0.5) is 0 Å². The Kier molecular flexibility index (Phi) is 6.62. The van der Waals surface area contributed by atoms with Crippen LogP contribution in [0.3, 0.4) is 0 Å². The van der Waals surface area contributed by atoms with Crippen LogP contribution in [0.15, 0.2) is 158 Å². The minimum absolute atomic E-state index is 0.841. The highest BCUT2D eigenvalue weighted by Crippen LogP contribution is 2.60.